The lowest BCUT2D eigenvalue weighted by atomic mass is 9.83. The number of esters is 1. The molecule has 1 heterocycles. The van der Waals surface area contributed by atoms with Crippen LogP contribution in [0.25, 0.3) is 0 Å². The summed E-state index contributed by atoms with van der Waals surface area (Å²) in [6.45, 7) is 1.37. The molecule has 9 heteroatoms. The average molecular weight is 478 g/mol. The van der Waals surface area contributed by atoms with E-state index in [1.165, 1.54) is 31.2 Å². The lowest BCUT2D eigenvalue weighted by Crippen LogP contribution is -2.31. The van der Waals surface area contributed by atoms with Gasteiger partial charge in [0.1, 0.15) is 0 Å². The second-order valence-corrected chi connectivity index (χ2v) is 8.07. The van der Waals surface area contributed by atoms with Gasteiger partial charge in [-0.2, -0.15) is 0 Å². The van der Waals surface area contributed by atoms with Crippen LogP contribution in [0.15, 0.2) is 54.6 Å². The smallest absolute Gasteiger partial charge is 0.339 e. The number of rotatable bonds is 4. The van der Waals surface area contributed by atoms with Crippen molar-refractivity contribution in [1.29, 1.82) is 0 Å². The predicted molar refractivity (Wildman–Crippen MR) is 121 cm³/mol. The van der Waals surface area contributed by atoms with E-state index in [9.17, 15) is 19.2 Å². The van der Waals surface area contributed by atoms with Gasteiger partial charge in [0.05, 0.1) is 21.8 Å². The first-order chi connectivity index (χ1) is 16.3. The van der Waals surface area contributed by atoms with E-state index in [1.54, 1.807) is 30.3 Å². The molecule has 8 nitrogen and oxygen atoms in total. The quantitative estimate of drug-likeness (QED) is 0.442. The number of benzene rings is 3. The summed E-state index contributed by atoms with van der Waals surface area (Å²) < 4.78 is 15.7. The van der Waals surface area contributed by atoms with Crippen molar-refractivity contribution in [2.24, 2.45) is 0 Å². The highest BCUT2D eigenvalue weighted by Gasteiger charge is 2.32. The van der Waals surface area contributed by atoms with Crippen molar-refractivity contribution in [2.75, 3.05) is 12.1 Å². The molecular weight excluding hydrogens is 462 g/mol. The van der Waals surface area contributed by atoms with E-state index in [-0.39, 0.29) is 51.3 Å². The van der Waals surface area contributed by atoms with Crippen LogP contribution in [0, 0.1) is 0 Å². The molecule has 0 aromatic heterocycles. The van der Waals surface area contributed by atoms with E-state index in [0.29, 0.717) is 17.1 Å². The normalized spacial score (nSPS) is 14.2. The standard InChI is InChI=1S/C25H16ClNO7/c1-12(34-25(31)13-9-17(26)23-19(10-13)32-11-33-23)24(30)27-18-8-4-7-16-20(18)22(29)15-6-3-2-5-14(15)21(16)28/h2-10,12H,11H2,1H3,(H,27,30). The van der Waals surface area contributed by atoms with Gasteiger partial charge in [0.15, 0.2) is 29.2 Å². The number of carbonyl (C=O) groups is 4. The number of amides is 1. The zero-order valence-corrected chi connectivity index (χ0v) is 18.5. The number of anilines is 1. The van der Waals surface area contributed by atoms with Gasteiger partial charge in [0.25, 0.3) is 5.91 Å². The number of ketones is 2. The summed E-state index contributed by atoms with van der Waals surface area (Å²) in [7, 11) is 0. The SMILES string of the molecule is CC(OC(=O)c1cc(Cl)c2c(c1)OCO2)C(=O)Nc1cccc2c1C(=O)c1ccccc1C2=O. The Hall–Kier alpha value is -4.17. The molecule has 0 saturated heterocycles. The number of hydrogen-bond donors (Lipinski definition) is 1. The summed E-state index contributed by atoms with van der Waals surface area (Å²) in [4.78, 5) is 51.3. The summed E-state index contributed by atoms with van der Waals surface area (Å²) in [6, 6.07) is 13.9. The average Bonchev–Trinajstić information content (AvgIpc) is 3.32. The molecule has 0 saturated carbocycles. The first-order valence-electron chi connectivity index (χ1n) is 10.3. The molecule has 0 spiro atoms. The number of hydrogen-bond acceptors (Lipinski definition) is 7. The van der Waals surface area contributed by atoms with E-state index in [1.807, 2.05) is 0 Å². The zero-order valence-electron chi connectivity index (χ0n) is 17.7. The van der Waals surface area contributed by atoms with Gasteiger partial charge in [-0.25, -0.2) is 4.79 Å². The van der Waals surface area contributed by atoms with Crippen LogP contribution in [0.1, 0.15) is 49.1 Å². The van der Waals surface area contributed by atoms with Crippen molar-refractivity contribution < 1.29 is 33.4 Å². The van der Waals surface area contributed by atoms with Crippen LogP contribution in [0.4, 0.5) is 5.69 Å². The highest BCUT2D eigenvalue weighted by atomic mass is 35.5. The van der Waals surface area contributed by atoms with Crippen molar-refractivity contribution >= 4 is 40.7 Å². The predicted octanol–water partition coefficient (Wildman–Crippen LogP) is 4.03. The Balaban J connectivity index is 1.35. The summed E-state index contributed by atoms with van der Waals surface area (Å²) in [5.74, 6) is -1.51. The molecular formula is C25H16ClNO7. The Morgan fingerprint density at radius 1 is 0.971 bits per heavy atom. The number of halogens is 1. The largest absolute Gasteiger partial charge is 0.454 e. The molecule has 3 aromatic carbocycles. The van der Waals surface area contributed by atoms with Crippen LogP contribution in [0.3, 0.4) is 0 Å². The van der Waals surface area contributed by atoms with Gasteiger partial charge >= 0.3 is 5.97 Å². The molecule has 5 rings (SSSR count). The molecule has 2 aliphatic rings. The van der Waals surface area contributed by atoms with Crippen LogP contribution in [0.5, 0.6) is 11.5 Å². The fraction of sp³-hybridized carbons (Fsp3) is 0.120. The molecule has 1 unspecified atom stereocenters. The van der Waals surface area contributed by atoms with Gasteiger partial charge in [-0.15, -0.1) is 0 Å². The summed E-state index contributed by atoms with van der Waals surface area (Å²) in [5.41, 5.74) is 1.11. The Kier molecular flexibility index (Phi) is 5.30. The first-order valence-corrected chi connectivity index (χ1v) is 10.7. The Bertz CT molecular complexity index is 1400. The van der Waals surface area contributed by atoms with Crippen molar-refractivity contribution in [3.63, 3.8) is 0 Å². The fourth-order valence-corrected chi connectivity index (χ4v) is 4.12. The van der Waals surface area contributed by atoms with Crippen molar-refractivity contribution in [2.45, 2.75) is 13.0 Å². The molecule has 0 radical (unpaired) electrons. The van der Waals surface area contributed by atoms with Gasteiger partial charge < -0.3 is 19.5 Å². The minimum absolute atomic E-state index is 0.0144. The molecule has 3 aromatic rings. The van der Waals surface area contributed by atoms with Gasteiger partial charge in [-0.05, 0) is 25.1 Å². The van der Waals surface area contributed by atoms with Crippen LogP contribution < -0.4 is 14.8 Å². The highest BCUT2D eigenvalue weighted by Crippen LogP contribution is 2.40. The minimum atomic E-state index is -1.21. The number of ether oxygens (including phenoxy) is 3. The monoisotopic (exact) mass is 477 g/mol. The zero-order chi connectivity index (χ0) is 24.0. The van der Waals surface area contributed by atoms with Gasteiger partial charge in [-0.3, -0.25) is 14.4 Å². The first kappa shape index (κ1) is 21.7. The van der Waals surface area contributed by atoms with E-state index in [0.717, 1.165) is 0 Å². The maximum absolute atomic E-state index is 13.1. The molecule has 1 N–H and O–H groups in total. The third-order valence-corrected chi connectivity index (χ3v) is 5.81. The second-order valence-electron chi connectivity index (χ2n) is 7.66. The van der Waals surface area contributed by atoms with E-state index >= 15 is 0 Å². The molecule has 0 bridgehead atoms. The van der Waals surface area contributed by atoms with Gasteiger partial charge in [0.2, 0.25) is 6.79 Å². The maximum atomic E-state index is 13.1. The van der Waals surface area contributed by atoms with Crippen molar-refractivity contribution in [1.82, 2.24) is 0 Å². The van der Waals surface area contributed by atoms with Crippen LogP contribution in [-0.4, -0.2) is 36.3 Å². The van der Waals surface area contributed by atoms with Crippen molar-refractivity contribution in [3.05, 3.63) is 87.4 Å². The minimum Gasteiger partial charge on any atom is -0.454 e. The molecule has 1 amide bonds. The van der Waals surface area contributed by atoms with Crippen molar-refractivity contribution in [3.8, 4) is 11.5 Å². The summed E-state index contributed by atoms with van der Waals surface area (Å²) >= 11 is 6.10. The molecule has 170 valence electrons. The Labute approximate surface area is 198 Å². The molecule has 0 fully saturated rings. The van der Waals surface area contributed by atoms with E-state index in [4.69, 9.17) is 25.8 Å². The number of fused-ring (bicyclic) bond motifs is 3. The number of carbonyl (C=O) groups excluding carboxylic acids is 4. The molecule has 1 aliphatic heterocycles. The maximum Gasteiger partial charge on any atom is 0.339 e. The van der Waals surface area contributed by atoms with Crippen LogP contribution >= 0.6 is 11.6 Å². The van der Waals surface area contributed by atoms with Gasteiger partial charge in [0, 0.05) is 16.7 Å². The Morgan fingerprint density at radius 3 is 2.44 bits per heavy atom. The Morgan fingerprint density at radius 2 is 1.68 bits per heavy atom. The summed E-state index contributed by atoms with van der Waals surface area (Å²) in [5, 5.41) is 2.78. The highest BCUT2D eigenvalue weighted by molar-refractivity contribution is 6.33. The van der Waals surface area contributed by atoms with E-state index in [2.05, 4.69) is 5.32 Å². The van der Waals surface area contributed by atoms with Crippen LogP contribution in [-0.2, 0) is 9.53 Å². The molecule has 1 aliphatic carbocycles. The molecule has 1 atom stereocenters. The lowest BCUT2D eigenvalue weighted by Gasteiger charge is -2.21. The van der Waals surface area contributed by atoms with E-state index < -0.39 is 18.0 Å². The lowest BCUT2D eigenvalue weighted by molar-refractivity contribution is -0.123. The third kappa shape index (κ3) is 3.58. The summed E-state index contributed by atoms with van der Waals surface area (Å²) in [6.07, 6.45) is -1.21. The number of nitrogens with one attached hydrogen (secondary N) is 1. The topological polar surface area (TPSA) is 108 Å². The third-order valence-electron chi connectivity index (χ3n) is 5.53. The fourth-order valence-electron chi connectivity index (χ4n) is 3.85. The van der Waals surface area contributed by atoms with Gasteiger partial charge in [-0.1, -0.05) is 48.0 Å². The second kappa shape index (κ2) is 8.31. The van der Waals surface area contributed by atoms with Crippen LogP contribution in [0.2, 0.25) is 5.02 Å². The molecule has 34 heavy (non-hydrogen) atoms.